The fourth-order valence-electron chi connectivity index (χ4n) is 5.29. The van der Waals surface area contributed by atoms with Crippen molar-refractivity contribution in [1.29, 1.82) is 0 Å². The predicted molar refractivity (Wildman–Crippen MR) is 160 cm³/mol. The third-order valence-electron chi connectivity index (χ3n) is 7.86. The maximum absolute atomic E-state index is 12.8. The Morgan fingerprint density at radius 1 is 0.850 bits per heavy atom. The van der Waals surface area contributed by atoms with Gasteiger partial charge in [0, 0.05) is 25.1 Å². The van der Waals surface area contributed by atoms with E-state index >= 15 is 0 Å². The van der Waals surface area contributed by atoms with E-state index in [2.05, 4.69) is 61.8 Å². The van der Waals surface area contributed by atoms with Crippen LogP contribution < -0.4 is 19.5 Å². The molecule has 212 valence electrons. The number of amides is 1. The molecule has 3 aromatic carbocycles. The van der Waals surface area contributed by atoms with Gasteiger partial charge >= 0.3 is 0 Å². The number of hydrogen-bond donors (Lipinski definition) is 1. The minimum atomic E-state index is -0.166. The molecule has 0 bridgehead atoms. The molecule has 7 nitrogen and oxygen atoms in total. The highest BCUT2D eigenvalue weighted by Gasteiger charge is 2.17. The van der Waals surface area contributed by atoms with Crippen molar-refractivity contribution in [3.63, 3.8) is 0 Å². The minimum absolute atomic E-state index is 0.166. The summed E-state index contributed by atoms with van der Waals surface area (Å²) >= 11 is 0. The second-order valence-electron chi connectivity index (χ2n) is 10.3. The Labute approximate surface area is 237 Å². The lowest BCUT2D eigenvalue weighted by Crippen LogP contribution is -2.24. The summed E-state index contributed by atoms with van der Waals surface area (Å²) in [5.74, 6) is 2.33. The van der Waals surface area contributed by atoms with Gasteiger partial charge in [-0.2, -0.15) is 0 Å². The van der Waals surface area contributed by atoms with Gasteiger partial charge in [-0.05, 0) is 92.6 Å². The second kappa shape index (κ2) is 12.9. The monoisotopic (exact) mass is 543 g/mol. The molecule has 0 aliphatic carbocycles. The second-order valence-corrected chi connectivity index (χ2v) is 10.3. The molecule has 0 unspecified atom stereocenters. The van der Waals surface area contributed by atoms with Crippen molar-refractivity contribution < 1.29 is 19.0 Å². The summed E-state index contributed by atoms with van der Waals surface area (Å²) in [6, 6.07) is 14.0. The molecule has 0 saturated carbocycles. The maximum atomic E-state index is 12.8. The number of imidazole rings is 1. The van der Waals surface area contributed by atoms with Gasteiger partial charge in [0.25, 0.3) is 5.91 Å². The van der Waals surface area contributed by atoms with E-state index in [0.717, 1.165) is 43.6 Å². The van der Waals surface area contributed by atoms with Crippen LogP contribution in [0.15, 0.2) is 42.5 Å². The number of rotatable bonds is 12. The van der Waals surface area contributed by atoms with Gasteiger partial charge < -0.3 is 24.1 Å². The number of para-hydroxylation sites is 2. The van der Waals surface area contributed by atoms with Crippen molar-refractivity contribution in [2.45, 2.75) is 59.9 Å². The third-order valence-corrected chi connectivity index (χ3v) is 7.86. The first-order chi connectivity index (χ1) is 19.3. The van der Waals surface area contributed by atoms with Crippen molar-refractivity contribution in [3.8, 4) is 17.2 Å². The van der Waals surface area contributed by atoms with Crippen LogP contribution in [0.5, 0.6) is 17.2 Å². The zero-order valence-corrected chi connectivity index (χ0v) is 24.8. The average molecular weight is 544 g/mol. The first-order valence-corrected chi connectivity index (χ1v) is 13.9. The van der Waals surface area contributed by atoms with Crippen molar-refractivity contribution in [2.75, 3.05) is 27.9 Å². The van der Waals surface area contributed by atoms with Crippen LogP contribution in [0.2, 0.25) is 0 Å². The fraction of sp³-hybridized carbons (Fsp3) is 0.394. The molecule has 1 aromatic heterocycles. The molecule has 4 rings (SSSR count). The smallest absolute Gasteiger partial charge is 0.251 e. The summed E-state index contributed by atoms with van der Waals surface area (Å²) < 4.78 is 18.5. The molecular formula is C33H41N3O4. The zero-order valence-electron chi connectivity index (χ0n) is 24.8. The molecule has 4 aromatic rings. The van der Waals surface area contributed by atoms with Crippen LogP contribution in [0.1, 0.15) is 63.3 Å². The van der Waals surface area contributed by atoms with Gasteiger partial charge in [0.05, 0.1) is 32.4 Å². The maximum Gasteiger partial charge on any atom is 0.251 e. The van der Waals surface area contributed by atoms with E-state index in [4.69, 9.17) is 19.2 Å². The first-order valence-electron chi connectivity index (χ1n) is 13.9. The zero-order chi connectivity index (χ0) is 28.8. The Hall–Kier alpha value is -4.00. The van der Waals surface area contributed by atoms with Gasteiger partial charge in [-0.1, -0.05) is 24.6 Å². The first kappa shape index (κ1) is 29.0. The number of carbonyl (C=O) groups excluding carboxylic acids is 1. The Morgan fingerprint density at radius 3 is 2.12 bits per heavy atom. The molecule has 7 heteroatoms. The average Bonchev–Trinajstić information content (AvgIpc) is 3.31. The normalized spacial score (nSPS) is 11.1. The summed E-state index contributed by atoms with van der Waals surface area (Å²) in [6.45, 7) is 10.2. The SMILES string of the molecule is COc1cc(C(=O)NCCCCCc2nc3ccccc3n2Cc2c(C)c(C)cc(C)c2C)cc(OC)c1OC. The number of carbonyl (C=O) groups is 1. The number of ether oxygens (including phenoxy) is 3. The molecule has 0 aliphatic heterocycles. The molecular weight excluding hydrogens is 502 g/mol. The lowest BCUT2D eigenvalue weighted by Gasteiger charge is -2.18. The van der Waals surface area contributed by atoms with E-state index in [0.29, 0.717) is 29.4 Å². The number of benzene rings is 3. The molecule has 1 amide bonds. The Kier molecular flexibility index (Phi) is 9.35. The van der Waals surface area contributed by atoms with E-state index in [9.17, 15) is 4.79 Å². The van der Waals surface area contributed by atoms with E-state index in [1.807, 2.05) is 6.07 Å². The number of aryl methyl sites for hydroxylation is 3. The Balaban J connectivity index is 1.38. The lowest BCUT2D eigenvalue weighted by atomic mass is 9.94. The molecule has 0 spiro atoms. The predicted octanol–water partition coefficient (Wildman–Crippen LogP) is 6.49. The Bertz CT molecular complexity index is 1450. The van der Waals surface area contributed by atoms with Gasteiger partial charge in [0.15, 0.2) is 11.5 Å². The molecule has 0 saturated heterocycles. The van der Waals surface area contributed by atoms with Crippen LogP contribution in [0.3, 0.4) is 0 Å². The van der Waals surface area contributed by atoms with Crippen LogP contribution in [-0.2, 0) is 13.0 Å². The third kappa shape index (κ3) is 6.09. The van der Waals surface area contributed by atoms with Crippen LogP contribution in [0.25, 0.3) is 11.0 Å². The van der Waals surface area contributed by atoms with Gasteiger partial charge in [-0.3, -0.25) is 4.79 Å². The van der Waals surface area contributed by atoms with E-state index in [-0.39, 0.29) is 5.91 Å². The standard InChI is InChI=1S/C33H41N3O4/c1-21-17-22(2)24(4)26(23(21)3)20-36-28-14-11-10-13-27(28)35-31(36)15-9-8-12-16-34-33(37)25-18-29(38-5)32(40-7)30(19-25)39-6/h10-11,13-14,17-19H,8-9,12,15-16,20H2,1-7H3,(H,34,37). The summed E-state index contributed by atoms with van der Waals surface area (Å²) in [5, 5.41) is 3.01. The highest BCUT2D eigenvalue weighted by molar-refractivity contribution is 5.95. The van der Waals surface area contributed by atoms with Crippen LogP contribution in [0.4, 0.5) is 0 Å². The summed E-state index contributed by atoms with van der Waals surface area (Å²) in [4.78, 5) is 17.8. The summed E-state index contributed by atoms with van der Waals surface area (Å²) in [7, 11) is 4.62. The number of nitrogens with one attached hydrogen (secondary N) is 1. The molecule has 1 N–H and O–H groups in total. The number of hydrogen-bond acceptors (Lipinski definition) is 5. The van der Waals surface area contributed by atoms with Crippen LogP contribution in [0, 0.1) is 27.7 Å². The van der Waals surface area contributed by atoms with Gasteiger partial charge in [0.2, 0.25) is 5.75 Å². The molecule has 40 heavy (non-hydrogen) atoms. The van der Waals surface area contributed by atoms with Crippen LogP contribution >= 0.6 is 0 Å². The highest BCUT2D eigenvalue weighted by atomic mass is 16.5. The number of methoxy groups -OCH3 is 3. The summed E-state index contributed by atoms with van der Waals surface area (Å²) in [6.07, 6.45) is 3.75. The van der Waals surface area contributed by atoms with Gasteiger partial charge in [-0.25, -0.2) is 4.98 Å². The van der Waals surface area contributed by atoms with E-state index in [1.54, 1.807) is 19.2 Å². The van der Waals surface area contributed by atoms with Crippen molar-refractivity contribution in [3.05, 3.63) is 81.7 Å². The highest BCUT2D eigenvalue weighted by Crippen LogP contribution is 2.38. The fourth-order valence-corrected chi connectivity index (χ4v) is 5.29. The topological polar surface area (TPSA) is 74.6 Å². The van der Waals surface area contributed by atoms with Crippen molar-refractivity contribution in [2.24, 2.45) is 0 Å². The number of unbranched alkanes of at least 4 members (excludes halogenated alkanes) is 2. The number of fused-ring (bicyclic) bond motifs is 1. The number of nitrogens with zero attached hydrogens (tertiary/aromatic N) is 2. The van der Waals surface area contributed by atoms with Gasteiger partial charge in [-0.15, -0.1) is 0 Å². The quantitative estimate of drug-likeness (QED) is 0.207. The summed E-state index contributed by atoms with van der Waals surface area (Å²) in [5.41, 5.74) is 9.44. The largest absolute Gasteiger partial charge is 0.493 e. The molecule has 0 aliphatic rings. The molecule has 0 radical (unpaired) electrons. The van der Waals surface area contributed by atoms with E-state index < -0.39 is 0 Å². The van der Waals surface area contributed by atoms with Crippen LogP contribution in [-0.4, -0.2) is 43.3 Å². The number of aromatic nitrogens is 2. The van der Waals surface area contributed by atoms with Gasteiger partial charge in [0.1, 0.15) is 5.82 Å². The van der Waals surface area contributed by atoms with Crippen molar-refractivity contribution in [1.82, 2.24) is 14.9 Å². The molecule has 0 fully saturated rings. The Morgan fingerprint density at radius 2 is 1.50 bits per heavy atom. The molecule has 1 heterocycles. The van der Waals surface area contributed by atoms with Crippen molar-refractivity contribution >= 4 is 16.9 Å². The molecule has 0 atom stereocenters. The van der Waals surface area contributed by atoms with E-state index in [1.165, 1.54) is 47.6 Å². The lowest BCUT2D eigenvalue weighted by molar-refractivity contribution is 0.0952. The minimum Gasteiger partial charge on any atom is -0.493 e.